The third-order valence-electron chi connectivity index (χ3n) is 5.86. The maximum Gasteiger partial charge on any atom is 0.300 e. The molecule has 1 amide bonds. The number of amides is 1. The first-order valence-corrected chi connectivity index (χ1v) is 10.9. The summed E-state index contributed by atoms with van der Waals surface area (Å²) in [6.07, 6.45) is 3.17. The summed E-state index contributed by atoms with van der Waals surface area (Å²) in [7, 11) is 0. The Hall–Kier alpha value is -4.00. The van der Waals surface area contributed by atoms with Crippen LogP contribution in [0.15, 0.2) is 70.9 Å². The lowest BCUT2D eigenvalue weighted by Crippen LogP contribution is -2.29. The van der Waals surface area contributed by atoms with Crippen LogP contribution in [-0.2, 0) is 16.0 Å². The average Bonchev–Trinajstić information content (AvgIpc) is 3.46. The van der Waals surface area contributed by atoms with Crippen molar-refractivity contribution in [1.82, 2.24) is 0 Å². The summed E-state index contributed by atoms with van der Waals surface area (Å²) < 4.78 is 16.7. The molecule has 3 heterocycles. The van der Waals surface area contributed by atoms with Crippen LogP contribution in [0.5, 0.6) is 11.5 Å². The molecular weight excluding hydrogens is 422 g/mol. The Morgan fingerprint density at radius 1 is 1.15 bits per heavy atom. The zero-order valence-corrected chi connectivity index (χ0v) is 18.1. The highest BCUT2D eigenvalue weighted by atomic mass is 16.5. The van der Waals surface area contributed by atoms with E-state index in [0.717, 1.165) is 24.2 Å². The number of hydrogen-bond acceptors (Lipinski definition) is 6. The van der Waals surface area contributed by atoms with Gasteiger partial charge in [-0.25, -0.2) is 0 Å². The minimum absolute atomic E-state index is 0.0134. The minimum atomic E-state index is -0.898. The number of carbonyl (C=O) groups excluding carboxylic acids is 2. The number of furan rings is 1. The number of carbonyl (C=O) groups is 2. The topological polar surface area (TPSA) is 89.2 Å². The minimum Gasteiger partial charge on any atom is -0.507 e. The van der Waals surface area contributed by atoms with E-state index in [1.165, 1.54) is 11.2 Å². The van der Waals surface area contributed by atoms with Crippen molar-refractivity contribution < 1.29 is 28.6 Å². The normalized spacial score (nSPS) is 19.3. The molecule has 0 radical (unpaired) electrons. The van der Waals surface area contributed by atoms with Gasteiger partial charge in [-0.3, -0.25) is 14.5 Å². The lowest BCUT2D eigenvalue weighted by Gasteiger charge is -2.23. The van der Waals surface area contributed by atoms with Gasteiger partial charge in [0.05, 0.1) is 25.1 Å². The van der Waals surface area contributed by atoms with Gasteiger partial charge in [0, 0.05) is 11.3 Å². The summed E-state index contributed by atoms with van der Waals surface area (Å²) in [5.41, 5.74) is 1.90. The summed E-state index contributed by atoms with van der Waals surface area (Å²) in [5.74, 6) is 0.0709. The van der Waals surface area contributed by atoms with Crippen molar-refractivity contribution in [3.63, 3.8) is 0 Å². The lowest BCUT2D eigenvalue weighted by molar-refractivity contribution is -0.132. The molecule has 1 N–H and O–H groups in total. The number of Topliss-reactive ketones (excluding diaryl/α,β-unsaturated/α-hetero) is 1. The van der Waals surface area contributed by atoms with E-state index in [9.17, 15) is 14.7 Å². The van der Waals surface area contributed by atoms with E-state index < -0.39 is 17.7 Å². The Morgan fingerprint density at radius 2 is 1.97 bits per heavy atom. The molecule has 0 bridgehead atoms. The van der Waals surface area contributed by atoms with Crippen LogP contribution in [0.2, 0.25) is 0 Å². The van der Waals surface area contributed by atoms with Crippen molar-refractivity contribution in [3.8, 4) is 11.5 Å². The van der Waals surface area contributed by atoms with Crippen LogP contribution in [0.1, 0.15) is 36.3 Å². The number of benzene rings is 2. The fourth-order valence-corrected chi connectivity index (χ4v) is 4.35. The molecule has 1 atom stereocenters. The molecular formula is C26H23NO6. The number of ether oxygens (including phenoxy) is 2. The molecule has 7 heteroatoms. The molecule has 168 valence electrons. The highest BCUT2D eigenvalue weighted by Crippen LogP contribution is 2.43. The number of rotatable bonds is 5. The molecule has 2 aliphatic heterocycles. The van der Waals surface area contributed by atoms with E-state index in [0.29, 0.717) is 36.0 Å². The van der Waals surface area contributed by atoms with Crippen LogP contribution >= 0.6 is 0 Å². The highest BCUT2D eigenvalue weighted by molar-refractivity contribution is 6.51. The van der Waals surface area contributed by atoms with Gasteiger partial charge in [0.2, 0.25) is 0 Å². The van der Waals surface area contributed by atoms with Gasteiger partial charge in [-0.15, -0.1) is 0 Å². The third kappa shape index (κ3) is 3.65. The molecule has 1 saturated heterocycles. The van der Waals surface area contributed by atoms with Crippen LogP contribution in [0, 0.1) is 0 Å². The number of aryl methyl sites for hydroxylation is 1. The molecule has 33 heavy (non-hydrogen) atoms. The van der Waals surface area contributed by atoms with E-state index >= 15 is 0 Å². The Morgan fingerprint density at radius 3 is 2.70 bits per heavy atom. The number of aliphatic hydroxyl groups is 1. The quantitative estimate of drug-likeness (QED) is 0.350. The molecule has 2 aliphatic rings. The van der Waals surface area contributed by atoms with Gasteiger partial charge in [0.25, 0.3) is 11.7 Å². The second kappa shape index (κ2) is 8.50. The van der Waals surface area contributed by atoms with Crippen molar-refractivity contribution in [3.05, 3.63) is 83.3 Å². The number of anilines is 1. The van der Waals surface area contributed by atoms with E-state index in [4.69, 9.17) is 13.9 Å². The first-order chi connectivity index (χ1) is 16.1. The van der Waals surface area contributed by atoms with Gasteiger partial charge in [0.15, 0.2) is 0 Å². The van der Waals surface area contributed by atoms with Crippen LogP contribution in [-0.4, -0.2) is 30.0 Å². The van der Waals surface area contributed by atoms with E-state index in [1.54, 1.807) is 48.5 Å². The van der Waals surface area contributed by atoms with Gasteiger partial charge in [-0.2, -0.15) is 0 Å². The van der Waals surface area contributed by atoms with Crippen molar-refractivity contribution >= 4 is 23.1 Å². The van der Waals surface area contributed by atoms with E-state index in [-0.39, 0.29) is 11.3 Å². The van der Waals surface area contributed by atoms with Crippen LogP contribution in [0.25, 0.3) is 5.76 Å². The van der Waals surface area contributed by atoms with Gasteiger partial charge in [0.1, 0.15) is 29.1 Å². The van der Waals surface area contributed by atoms with Crippen LogP contribution in [0.3, 0.4) is 0 Å². The van der Waals surface area contributed by atoms with Crippen molar-refractivity contribution in [1.29, 1.82) is 0 Å². The number of nitrogens with zero attached hydrogens (tertiary/aromatic N) is 1. The number of aliphatic hydroxyl groups excluding tert-OH is 1. The zero-order chi connectivity index (χ0) is 22.9. The fourth-order valence-electron chi connectivity index (χ4n) is 4.35. The molecule has 7 nitrogen and oxygen atoms in total. The second-order valence-electron chi connectivity index (χ2n) is 7.89. The maximum atomic E-state index is 13.2. The molecule has 0 aliphatic carbocycles. The predicted molar refractivity (Wildman–Crippen MR) is 121 cm³/mol. The monoisotopic (exact) mass is 445 g/mol. The summed E-state index contributed by atoms with van der Waals surface area (Å²) in [4.78, 5) is 27.7. The fraction of sp³-hybridized carbons (Fsp3) is 0.231. The largest absolute Gasteiger partial charge is 0.507 e. The Bertz CT molecular complexity index is 1230. The summed E-state index contributed by atoms with van der Waals surface area (Å²) in [5, 5.41) is 11.2. The van der Waals surface area contributed by atoms with Crippen LogP contribution < -0.4 is 14.4 Å². The number of ketones is 1. The highest BCUT2D eigenvalue weighted by Gasteiger charge is 2.48. The Labute approximate surface area is 190 Å². The van der Waals surface area contributed by atoms with Gasteiger partial charge in [-0.05, 0) is 79.9 Å². The lowest BCUT2D eigenvalue weighted by atomic mass is 9.96. The van der Waals surface area contributed by atoms with Gasteiger partial charge < -0.3 is 19.0 Å². The number of fused-ring (bicyclic) bond motifs is 1. The van der Waals surface area contributed by atoms with Crippen LogP contribution in [0.4, 0.5) is 5.69 Å². The van der Waals surface area contributed by atoms with E-state index in [1.807, 2.05) is 13.0 Å². The summed E-state index contributed by atoms with van der Waals surface area (Å²) in [6.45, 7) is 3.06. The summed E-state index contributed by atoms with van der Waals surface area (Å²) in [6, 6.07) is 14.7. The molecule has 0 spiro atoms. The Balaban J connectivity index is 1.62. The standard InChI is InChI=1S/C26H23NO6/c1-2-31-19-10-8-18(9-11-19)27-23(21-6-4-14-33-21)22(25(29)26(27)30)24(28)17-7-12-20-16(15-17)5-3-13-32-20/h4,6-12,14-15,23,28H,2-3,5,13H2,1H3/b24-22-. The van der Waals surface area contributed by atoms with Crippen molar-refractivity contribution in [2.24, 2.45) is 0 Å². The zero-order valence-electron chi connectivity index (χ0n) is 18.1. The van der Waals surface area contributed by atoms with Crippen molar-refractivity contribution in [2.45, 2.75) is 25.8 Å². The number of hydrogen-bond donors (Lipinski definition) is 1. The van der Waals surface area contributed by atoms with Gasteiger partial charge >= 0.3 is 0 Å². The maximum absolute atomic E-state index is 13.2. The molecule has 2 aromatic carbocycles. The summed E-state index contributed by atoms with van der Waals surface area (Å²) >= 11 is 0. The Kier molecular flexibility index (Phi) is 5.38. The first-order valence-electron chi connectivity index (χ1n) is 10.9. The molecule has 0 saturated carbocycles. The first kappa shape index (κ1) is 20.9. The smallest absolute Gasteiger partial charge is 0.300 e. The molecule has 1 unspecified atom stereocenters. The third-order valence-corrected chi connectivity index (χ3v) is 5.86. The van der Waals surface area contributed by atoms with Gasteiger partial charge in [-0.1, -0.05) is 0 Å². The molecule has 5 rings (SSSR count). The molecule has 1 aromatic heterocycles. The average molecular weight is 445 g/mol. The second-order valence-corrected chi connectivity index (χ2v) is 7.89. The predicted octanol–water partition coefficient (Wildman–Crippen LogP) is 4.63. The molecule has 1 fully saturated rings. The molecule has 3 aromatic rings. The van der Waals surface area contributed by atoms with Crippen molar-refractivity contribution in [2.75, 3.05) is 18.1 Å². The SMILES string of the molecule is CCOc1ccc(N2C(=O)C(=O)/C(=C(\O)c3ccc4c(c3)CCCO4)C2c2ccco2)cc1. The van der Waals surface area contributed by atoms with E-state index in [2.05, 4.69) is 0 Å².